The molecule has 1 aromatic carbocycles. The average molecular weight is 406 g/mol. The Balaban J connectivity index is 1.57. The van der Waals surface area contributed by atoms with Gasteiger partial charge in [0.25, 0.3) is 5.91 Å². The summed E-state index contributed by atoms with van der Waals surface area (Å²) in [6.07, 6.45) is 5.16. The van der Waals surface area contributed by atoms with Gasteiger partial charge in [-0.05, 0) is 64.9 Å². The predicted molar refractivity (Wildman–Crippen MR) is 120 cm³/mol. The van der Waals surface area contributed by atoms with Gasteiger partial charge in [-0.25, -0.2) is 9.67 Å². The molecule has 0 atom stereocenters. The SMILES string of the molecule is Cc1ccc(-n2nc(C)c3c(C(=O)NCCN4CCCCCC4)cc(C)nc32)cc1. The second-order valence-electron chi connectivity index (χ2n) is 8.35. The molecule has 0 saturated carbocycles. The number of likely N-dealkylation sites (tertiary alicyclic amines) is 1. The molecule has 0 bridgehead atoms. The molecule has 0 radical (unpaired) electrons. The summed E-state index contributed by atoms with van der Waals surface area (Å²) in [6.45, 7) is 9.77. The van der Waals surface area contributed by atoms with E-state index >= 15 is 0 Å². The third kappa shape index (κ3) is 4.38. The van der Waals surface area contributed by atoms with Crippen molar-refractivity contribution in [1.29, 1.82) is 0 Å². The lowest BCUT2D eigenvalue weighted by Crippen LogP contribution is -2.35. The first kappa shape index (κ1) is 20.5. The Kier molecular flexibility index (Phi) is 6.13. The van der Waals surface area contributed by atoms with E-state index in [2.05, 4.69) is 29.3 Å². The highest BCUT2D eigenvalue weighted by atomic mass is 16.1. The van der Waals surface area contributed by atoms with Gasteiger partial charge in [-0.1, -0.05) is 30.5 Å². The highest BCUT2D eigenvalue weighted by Crippen LogP contribution is 2.25. The topological polar surface area (TPSA) is 63.1 Å². The van der Waals surface area contributed by atoms with Crippen LogP contribution in [0.25, 0.3) is 16.7 Å². The van der Waals surface area contributed by atoms with Crippen LogP contribution >= 0.6 is 0 Å². The fourth-order valence-corrected chi connectivity index (χ4v) is 4.24. The normalized spacial score (nSPS) is 15.3. The summed E-state index contributed by atoms with van der Waals surface area (Å²) in [5, 5.41) is 8.66. The van der Waals surface area contributed by atoms with Crippen molar-refractivity contribution in [2.45, 2.75) is 46.5 Å². The number of nitrogens with zero attached hydrogens (tertiary/aromatic N) is 4. The van der Waals surface area contributed by atoms with E-state index < -0.39 is 0 Å². The minimum Gasteiger partial charge on any atom is -0.351 e. The lowest BCUT2D eigenvalue weighted by molar-refractivity contribution is 0.0950. The number of carbonyl (C=O) groups is 1. The number of rotatable bonds is 5. The zero-order valence-corrected chi connectivity index (χ0v) is 18.2. The van der Waals surface area contributed by atoms with E-state index in [1.165, 1.54) is 31.2 Å². The molecule has 3 heterocycles. The summed E-state index contributed by atoms with van der Waals surface area (Å²) in [4.78, 5) is 20.2. The summed E-state index contributed by atoms with van der Waals surface area (Å²) >= 11 is 0. The van der Waals surface area contributed by atoms with Crippen LogP contribution in [0.5, 0.6) is 0 Å². The summed E-state index contributed by atoms with van der Waals surface area (Å²) in [6, 6.07) is 10.1. The van der Waals surface area contributed by atoms with Gasteiger partial charge in [0.1, 0.15) is 0 Å². The largest absolute Gasteiger partial charge is 0.351 e. The van der Waals surface area contributed by atoms with Crippen LogP contribution < -0.4 is 5.32 Å². The number of aromatic nitrogens is 3. The van der Waals surface area contributed by atoms with Gasteiger partial charge in [0.2, 0.25) is 0 Å². The molecule has 1 saturated heterocycles. The van der Waals surface area contributed by atoms with E-state index in [0.29, 0.717) is 12.1 Å². The Morgan fingerprint density at radius 2 is 1.73 bits per heavy atom. The van der Waals surface area contributed by atoms with E-state index in [-0.39, 0.29) is 5.91 Å². The fraction of sp³-hybridized carbons (Fsp3) is 0.458. The second kappa shape index (κ2) is 8.96. The maximum atomic E-state index is 13.1. The van der Waals surface area contributed by atoms with Crippen LogP contribution in [0, 0.1) is 20.8 Å². The van der Waals surface area contributed by atoms with E-state index in [0.717, 1.165) is 47.7 Å². The molecule has 4 rings (SSSR count). The molecular weight excluding hydrogens is 374 g/mol. The molecule has 158 valence electrons. The number of fused-ring (bicyclic) bond motifs is 1. The van der Waals surface area contributed by atoms with Crippen molar-refractivity contribution in [2.24, 2.45) is 0 Å². The van der Waals surface area contributed by atoms with Gasteiger partial charge in [0, 0.05) is 18.8 Å². The van der Waals surface area contributed by atoms with Crippen LogP contribution in [-0.4, -0.2) is 51.8 Å². The summed E-state index contributed by atoms with van der Waals surface area (Å²) in [5.74, 6) is -0.0492. The Morgan fingerprint density at radius 1 is 1.03 bits per heavy atom. The van der Waals surface area contributed by atoms with Gasteiger partial charge in [-0.15, -0.1) is 0 Å². The molecule has 2 aromatic heterocycles. The Morgan fingerprint density at radius 3 is 2.43 bits per heavy atom. The highest BCUT2D eigenvalue weighted by Gasteiger charge is 2.19. The molecule has 1 aliphatic heterocycles. The Hall–Kier alpha value is -2.73. The number of pyridine rings is 1. The third-order valence-electron chi connectivity index (χ3n) is 5.88. The first-order chi connectivity index (χ1) is 14.5. The predicted octanol–water partition coefficient (Wildman–Crippen LogP) is 3.95. The molecule has 1 N–H and O–H groups in total. The quantitative estimate of drug-likeness (QED) is 0.698. The van der Waals surface area contributed by atoms with Gasteiger partial charge in [0.05, 0.1) is 22.3 Å². The van der Waals surface area contributed by atoms with Crippen LogP contribution in [0.15, 0.2) is 30.3 Å². The second-order valence-corrected chi connectivity index (χ2v) is 8.35. The van der Waals surface area contributed by atoms with E-state index in [9.17, 15) is 4.79 Å². The van der Waals surface area contributed by atoms with Gasteiger partial charge >= 0.3 is 0 Å². The third-order valence-corrected chi connectivity index (χ3v) is 5.88. The number of nitrogens with one attached hydrogen (secondary N) is 1. The maximum Gasteiger partial charge on any atom is 0.252 e. The Bertz CT molecular complexity index is 1030. The van der Waals surface area contributed by atoms with Crippen LogP contribution in [0.3, 0.4) is 0 Å². The molecule has 1 fully saturated rings. The van der Waals surface area contributed by atoms with Crippen molar-refractivity contribution in [3.8, 4) is 5.69 Å². The molecule has 6 nitrogen and oxygen atoms in total. The van der Waals surface area contributed by atoms with Crippen molar-refractivity contribution in [3.63, 3.8) is 0 Å². The van der Waals surface area contributed by atoms with Gasteiger partial charge in [-0.3, -0.25) is 4.79 Å². The molecule has 0 aliphatic carbocycles. The summed E-state index contributed by atoms with van der Waals surface area (Å²) in [5.41, 5.74) is 5.16. The monoisotopic (exact) mass is 405 g/mol. The first-order valence-electron chi connectivity index (χ1n) is 11.0. The summed E-state index contributed by atoms with van der Waals surface area (Å²) in [7, 11) is 0. The fourth-order valence-electron chi connectivity index (χ4n) is 4.24. The molecule has 0 unspecified atom stereocenters. The number of aryl methyl sites for hydroxylation is 3. The number of hydrogen-bond acceptors (Lipinski definition) is 4. The van der Waals surface area contributed by atoms with Gasteiger partial charge in [-0.2, -0.15) is 5.10 Å². The van der Waals surface area contributed by atoms with Gasteiger partial charge in [0.15, 0.2) is 5.65 Å². The van der Waals surface area contributed by atoms with Crippen LogP contribution in [-0.2, 0) is 0 Å². The molecule has 1 amide bonds. The van der Waals surface area contributed by atoms with Crippen LogP contribution in [0.2, 0.25) is 0 Å². The molecule has 0 spiro atoms. The van der Waals surface area contributed by atoms with Crippen molar-refractivity contribution < 1.29 is 4.79 Å². The standard InChI is InChI=1S/C24H31N5O/c1-17-8-10-20(11-9-17)29-23-22(19(3)27-29)21(16-18(2)26-23)24(30)25-12-15-28-13-6-4-5-7-14-28/h8-11,16H,4-7,12-15H2,1-3H3,(H,25,30). The van der Waals surface area contributed by atoms with Crippen molar-refractivity contribution in [3.05, 3.63) is 52.8 Å². The highest BCUT2D eigenvalue weighted by molar-refractivity contribution is 6.06. The van der Waals surface area contributed by atoms with E-state index in [1.54, 1.807) is 0 Å². The first-order valence-corrected chi connectivity index (χ1v) is 11.0. The average Bonchev–Trinajstić information content (AvgIpc) is 2.90. The minimum absolute atomic E-state index is 0.0492. The molecule has 3 aromatic rings. The molecular formula is C24H31N5O. The van der Waals surface area contributed by atoms with Gasteiger partial charge < -0.3 is 10.2 Å². The van der Waals surface area contributed by atoms with Crippen molar-refractivity contribution >= 4 is 16.9 Å². The molecule has 1 aliphatic rings. The van der Waals surface area contributed by atoms with E-state index in [4.69, 9.17) is 10.1 Å². The van der Waals surface area contributed by atoms with Crippen LogP contribution in [0.4, 0.5) is 0 Å². The zero-order chi connectivity index (χ0) is 21.1. The Labute approximate surface area is 178 Å². The minimum atomic E-state index is -0.0492. The zero-order valence-electron chi connectivity index (χ0n) is 18.2. The maximum absolute atomic E-state index is 13.1. The number of hydrogen-bond donors (Lipinski definition) is 1. The van der Waals surface area contributed by atoms with Crippen molar-refractivity contribution in [2.75, 3.05) is 26.2 Å². The number of carbonyl (C=O) groups excluding carboxylic acids is 1. The number of benzene rings is 1. The number of amides is 1. The summed E-state index contributed by atoms with van der Waals surface area (Å²) < 4.78 is 1.84. The van der Waals surface area contributed by atoms with E-state index in [1.807, 2.05) is 36.7 Å². The lowest BCUT2D eigenvalue weighted by Gasteiger charge is -2.19. The van der Waals surface area contributed by atoms with Crippen molar-refractivity contribution in [1.82, 2.24) is 25.0 Å². The lowest BCUT2D eigenvalue weighted by atomic mass is 10.1. The molecule has 6 heteroatoms. The molecule has 30 heavy (non-hydrogen) atoms. The van der Waals surface area contributed by atoms with Crippen LogP contribution in [0.1, 0.15) is 53.0 Å². The smallest absolute Gasteiger partial charge is 0.252 e.